The van der Waals surface area contributed by atoms with Crippen LogP contribution < -0.4 is 10.2 Å². The number of carbonyl (C=O) groups is 1. The molecule has 4 nitrogen and oxygen atoms in total. The van der Waals surface area contributed by atoms with E-state index in [1.807, 2.05) is 24.3 Å². The molecule has 0 aliphatic carbocycles. The van der Waals surface area contributed by atoms with E-state index in [-0.39, 0.29) is 11.7 Å². The Morgan fingerprint density at radius 3 is 2.35 bits per heavy atom. The molecule has 6 heteroatoms. The third-order valence-electron chi connectivity index (χ3n) is 4.03. The molecule has 134 valence electrons. The van der Waals surface area contributed by atoms with Gasteiger partial charge in [0.1, 0.15) is 5.82 Å². The number of nitrogens with one attached hydrogen (secondary N) is 1. The number of amidine groups is 1. The predicted molar refractivity (Wildman–Crippen MR) is 107 cm³/mol. The molecule has 0 bridgehead atoms. The molecule has 0 aromatic heterocycles. The SMILES string of the molecule is CCN(CC)c1ccc(N=C2NC(=O)C(=Cc3ccc(F)cc3)S2)cc1. The van der Waals surface area contributed by atoms with E-state index in [0.29, 0.717) is 10.1 Å². The average Bonchev–Trinajstić information content (AvgIpc) is 2.98. The van der Waals surface area contributed by atoms with Crippen LogP contribution in [0.15, 0.2) is 58.4 Å². The Morgan fingerprint density at radius 1 is 1.08 bits per heavy atom. The number of amides is 1. The molecule has 0 atom stereocenters. The van der Waals surface area contributed by atoms with Crippen LogP contribution in [0.3, 0.4) is 0 Å². The van der Waals surface area contributed by atoms with Crippen LogP contribution in [-0.2, 0) is 4.79 Å². The van der Waals surface area contributed by atoms with E-state index in [2.05, 4.69) is 29.1 Å². The number of benzene rings is 2. The highest BCUT2D eigenvalue weighted by Crippen LogP contribution is 2.28. The number of hydrogen-bond acceptors (Lipinski definition) is 4. The molecule has 26 heavy (non-hydrogen) atoms. The summed E-state index contributed by atoms with van der Waals surface area (Å²) in [6, 6.07) is 14.0. The van der Waals surface area contributed by atoms with E-state index < -0.39 is 0 Å². The second-order valence-corrected chi connectivity index (χ2v) is 6.75. The highest BCUT2D eigenvalue weighted by Gasteiger charge is 2.23. The number of rotatable bonds is 5. The number of nitrogens with zero attached hydrogens (tertiary/aromatic N) is 2. The quantitative estimate of drug-likeness (QED) is 0.786. The molecule has 1 aliphatic rings. The number of thioether (sulfide) groups is 1. The van der Waals surface area contributed by atoms with E-state index in [4.69, 9.17) is 0 Å². The van der Waals surface area contributed by atoms with Crippen LogP contribution in [0.5, 0.6) is 0 Å². The van der Waals surface area contributed by atoms with Crippen molar-refractivity contribution in [3.63, 3.8) is 0 Å². The van der Waals surface area contributed by atoms with E-state index in [1.165, 1.54) is 23.9 Å². The van der Waals surface area contributed by atoms with E-state index >= 15 is 0 Å². The number of anilines is 1. The molecule has 1 N–H and O–H groups in total. The molecule has 0 unspecified atom stereocenters. The maximum atomic E-state index is 13.0. The first-order chi connectivity index (χ1) is 12.6. The van der Waals surface area contributed by atoms with Crippen molar-refractivity contribution in [3.8, 4) is 0 Å². The zero-order valence-electron chi connectivity index (χ0n) is 14.7. The summed E-state index contributed by atoms with van der Waals surface area (Å²) in [5.41, 5.74) is 2.71. The second kappa shape index (κ2) is 8.19. The fourth-order valence-corrected chi connectivity index (χ4v) is 3.48. The summed E-state index contributed by atoms with van der Waals surface area (Å²) in [5, 5.41) is 3.31. The molecule has 1 aliphatic heterocycles. The zero-order chi connectivity index (χ0) is 18.5. The minimum atomic E-state index is -0.300. The second-order valence-electron chi connectivity index (χ2n) is 5.72. The molecule has 1 saturated heterocycles. The Hall–Kier alpha value is -2.60. The van der Waals surface area contributed by atoms with Crippen molar-refractivity contribution in [1.82, 2.24) is 5.32 Å². The van der Waals surface area contributed by atoms with Gasteiger partial charge in [0.2, 0.25) is 0 Å². The molecule has 1 heterocycles. The van der Waals surface area contributed by atoms with Gasteiger partial charge >= 0.3 is 0 Å². The van der Waals surface area contributed by atoms with E-state index in [9.17, 15) is 9.18 Å². The lowest BCUT2D eigenvalue weighted by Crippen LogP contribution is -2.21. The van der Waals surface area contributed by atoms with Gasteiger partial charge in [-0.05, 0) is 73.6 Å². The predicted octanol–water partition coefficient (Wildman–Crippen LogP) is 4.56. The van der Waals surface area contributed by atoms with Gasteiger partial charge in [-0.1, -0.05) is 12.1 Å². The van der Waals surface area contributed by atoms with Crippen LogP contribution in [0.2, 0.25) is 0 Å². The van der Waals surface area contributed by atoms with Crippen molar-refractivity contribution in [3.05, 3.63) is 64.8 Å². The lowest BCUT2D eigenvalue weighted by Gasteiger charge is -2.20. The highest BCUT2D eigenvalue weighted by molar-refractivity contribution is 8.18. The first-order valence-corrected chi connectivity index (χ1v) is 9.31. The fourth-order valence-electron chi connectivity index (χ4n) is 2.63. The van der Waals surface area contributed by atoms with Crippen molar-refractivity contribution < 1.29 is 9.18 Å². The summed E-state index contributed by atoms with van der Waals surface area (Å²) in [7, 11) is 0. The minimum Gasteiger partial charge on any atom is -0.372 e. The van der Waals surface area contributed by atoms with Gasteiger partial charge in [-0.3, -0.25) is 4.79 Å². The smallest absolute Gasteiger partial charge is 0.264 e. The van der Waals surface area contributed by atoms with Gasteiger partial charge in [-0.25, -0.2) is 9.38 Å². The third-order valence-corrected chi connectivity index (χ3v) is 4.94. The number of hydrogen-bond donors (Lipinski definition) is 1. The molecular weight excluding hydrogens is 349 g/mol. The maximum Gasteiger partial charge on any atom is 0.264 e. The van der Waals surface area contributed by atoms with Gasteiger partial charge in [0, 0.05) is 18.8 Å². The lowest BCUT2D eigenvalue weighted by molar-refractivity contribution is -0.115. The molecule has 0 radical (unpaired) electrons. The first-order valence-electron chi connectivity index (χ1n) is 8.49. The van der Waals surface area contributed by atoms with Crippen LogP contribution in [-0.4, -0.2) is 24.2 Å². The zero-order valence-corrected chi connectivity index (χ0v) is 15.5. The summed E-state index contributed by atoms with van der Waals surface area (Å²) < 4.78 is 13.0. The molecule has 1 amide bonds. The summed E-state index contributed by atoms with van der Waals surface area (Å²) in [4.78, 5) is 19.4. The fraction of sp³-hybridized carbons (Fsp3) is 0.200. The van der Waals surface area contributed by atoms with Crippen LogP contribution in [0, 0.1) is 5.82 Å². The van der Waals surface area contributed by atoms with Gasteiger partial charge in [-0.15, -0.1) is 0 Å². The lowest BCUT2D eigenvalue weighted by atomic mass is 10.2. The van der Waals surface area contributed by atoms with E-state index in [1.54, 1.807) is 18.2 Å². The molecule has 3 rings (SSSR count). The minimum absolute atomic E-state index is 0.196. The number of carbonyl (C=O) groups excluding carboxylic acids is 1. The van der Waals surface area contributed by atoms with Crippen LogP contribution in [0.4, 0.5) is 15.8 Å². The van der Waals surface area contributed by atoms with Crippen LogP contribution in [0.25, 0.3) is 6.08 Å². The summed E-state index contributed by atoms with van der Waals surface area (Å²) >= 11 is 1.28. The highest BCUT2D eigenvalue weighted by atomic mass is 32.2. The Bertz CT molecular complexity index is 840. The summed E-state index contributed by atoms with van der Waals surface area (Å²) in [6.07, 6.45) is 1.73. The normalized spacial score (nSPS) is 17.0. The van der Waals surface area contributed by atoms with Crippen molar-refractivity contribution in [1.29, 1.82) is 0 Å². The Balaban J connectivity index is 1.74. The monoisotopic (exact) mass is 369 g/mol. The van der Waals surface area contributed by atoms with Crippen molar-refractivity contribution >= 4 is 40.3 Å². The van der Waals surface area contributed by atoms with Gasteiger partial charge < -0.3 is 10.2 Å². The first kappa shape index (κ1) is 18.2. The van der Waals surface area contributed by atoms with Crippen molar-refractivity contribution in [2.45, 2.75) is 13.8 Å². The van der Waals surface area contributed by atoms with E-state index in [0.717, 1.165) is 30.0 Å². The van der Waals surface area contributed by atoms with Gasteiger partial charge in [0.25, 0.3) is 5.91 Å². The largest absolute Gasteiger partial charge is 0.372 e. The van der Waals surface area contributed by atoms with Gasteiger partial charge in [-0.2, -0.15) is 0 Å². The van der Waals surface area contributed by atoms with Gasteiger partial charge in [0.05, 0.1) is 10.6 Å². The average molecular weight is 369 g/mol. The van der Waals surface area contributed by atoms with Crippen molar-refractivity contribution in [2.24, 2.45) is 4.99 Å². The van der Waals surface area contributed by atoms with Crippen LogP contribution >= 0.6 is 11.8 Å². The molecule has 1 fully saturated rings. The van der Waals surface area contributed by atoms with Crippen LogP contribution in [0.1, 0.15) is 19.4 Å². The molecule has 0 spiro atoms. The molecular formula is C20H20FN3OS. The Kier molecular flexibility index (Phi) is 5.73. The summed E-state index contributed by atoms with van der Waals surface area (Å²) in [5.74, 6) is -0.496. The Morgan fingerprint density at radius 2 is 1.73 bits per heavy atom. The third kappa shape index (κ3) is 4.32. The topological polar surface area (TPSA) is 44.7 Å². The van der Waals surface area contributed by atoms with Crippen molar-refractivity contribution in [2.75, 3.05) is 18.0 Å². The van der Waals surface area contributed by atoms with Gasteiger partial charge in [0.15, 0.2) is 5.17 Å². The summed E-state index contributed by atoms with van der Waals surface area (Å²) in [6.45, 7) is 6.15. The number of halogens is 1. The molecule has 2 aromatic carbocycles. The Labute approximate surface area is 156 Å². The number of aliphatic imine (C=N–C) groups is 1. The maximum absolute atomic E-state index is 13.0. The standard InChI is InChI=1S/C20H20FN3OS/c1-3-24(4-2)17-11-9-16(10-12-17)22-20-23-19(25)18(26-20)13-14-5-7-15(21)8-6-14/h5-13H,3-4H2,1-2H3,(H,22,23,25). The molecule has 0 saturated carbocycles. The molecule has 2 aromatic rings.